The van der Waals surface area contributed by atoms with Crippen molar-refractivity contribution in [3.8, 4) is 11.5 Å². The summed E-state index contributed by atoms with van der Waals surface area (Å²) in [6, 6.07) is 16.3. The summed E-state index contributed by atoms with van der Waals surface area (Å²) in [6.45, 7) is 4.08. The van der Waals surface area contributed by atoms with Gasteiger partial charge in [-0.05, 0) is 62.4 Å². The summed E-state index contributed by atoms with van der Waals surface area (Å²) in [5.74, 6) is 0.269. The molecule has 6 heteroatoms. The van der Waals surface area contributed by atoms with Crippen molar-refractivity contribution in [2.24, 2.45) is 0 Å². The Morgan fingerprint density at radius 1 is 0.929 bits per heavy atom. The lowest BCUT2D eigenvalue weighted by Crippen LogP contribution is -2.11. The molecule has 0 aliphatic heterocycles. The predicted octanol–water partition coefficient (Wildman–Crippen LogP) is 6.67. The van der Waals surface area contributed by atoms with Crippen molar-refractivity contribution in [2.75, 3.05) is 5.32 Å². The number of nitrogens with one attached hydrogen (secondary N) is 1. The van der Waals surface area contributed by atoms with Crippen LogP contribution in [-0.4, -0.2) is 10.9 Å². The normalized spacial score (nSPS) is 11.0. The number of anilines is 1. The van der Waals surface area contributed by atoms with Crippen LogP contribution >= 0.6 is 23.2 Å². The predicted molar refractivity (Wildman–Crippen MR) is 113 cm³/mol. The van der Waals surface area contributed by atoms with Crippen molar-refractivity contribution in [1.82, 2.24) is 4.98 Å². The van der Waals surface area contributed by atoms with Crippen LogP contribution < -0.4 is 5.32 Å². The van der Waals surface area contributed by atoms with Crippen LogP contribution in [0.2, 0.25) is 10.0 Å². The molecular formula is C22H16Cl2N2O2. The van der Waals surface area contributed by atoms with Gasteiger partial charge in [0.1, 0.15) is 5.52 Å². The Labute approximate surface area is 172 Å². The first-order chi connectivity index (χ1) is 13.4. The molecule has 1 N–H and O–H groups in total. The zero-order valence-corrected chi connectivity index (χ0v) is 16.7. The largest absolute Gasteiger partial charge is 0.436 e. The fourth-order valence-corrected chi connectivity index (χ4v) is 3.37. The standard InChI is InChI=1S/C22H16Cl2N2O2/c1-12-7-13(2)9-15(8-12)22-26-19-11-16(4-6-20(19)28-22)25-21(27)14-3-5-17(23)18(24)10-14/h3-11H,1-2H3,(H,25,27). The van der Waals surface area contributed by atoms with E-state index >= 15 is 0 Å². The van der Waals surface area contributed by atoms with Crippen LogP contribution in [0.4, 0.5) is 5.69 Å². The summed E-state index contributed by atoms with van der Waals surface area (Å²) < 4.78 is 5.88. The van der Waals surface area contributed by atoms with Crippen LogP contribution in [0, 0.1) is 13.8 Å². The minimum atomic E-state index is -0.282. The van der Waals surface area contributed by atoms with Crippen molar-refractivity contribution < 1.29 is 9.21 Å². The van der Waals surface area contributed by atoms with Crippen LogP contribution in [0.5, 0.6) is 0 Å². The molecule has 0 atom stereocenters. The van der Waals surface area contributed by atoms with E-state index in [-0.39, 0.29) is 5.91 Å². The fraction of sp³-hybridized carbons (Fsp3) is 0.0909. The van der Waals surface area contributed by atoms with Gasteiger partial charge in [-0.2, -0.15) is 0 Å². The number of rotatable bonds is 3. The number of halogens is 2. The van der Waals surface area contributed by atoms with Gasteiger partial charge in [0, 0.05) is 16.8 Å². The molecule has 1 heterocycles. The molecule has 140 valence electrons. The Morgan fingerprint density at radius 3 is 2.39 bits per heavy atom. The number of amides is 1. The lowest BCUT2D eigenvalue weighted by Gasteiger charge is -2.06. The number of hydrogen-bond donors (Lipinski definition) is 1. The minimum Gasteiger partial charge on any atom is -0.436 e. The monoisotopic (exact) mass is 410 g/mol. The fourth-order valence-electron chi connectivity index (χ4n) is 3.07. The van der Waals surface area contributed by atoms with Gasteiger partial charge < -0.3 is 9.73 Å². The molecule has 4 nitrogen and oxygen atoms in total. The second-order valence-corrected chi connectivity index (χ2v) is 7.48. The SMILES string of the molecule is Cc1cc(C)cc(-c2nc3cc(NC(=O)c4ccc(Cl)c(Cl)c4)ccc3o2)c1. The van der Waals surface area contributed by atoms with Crippen LogP contribution in [-0.2, 0) is 0 Å². The first-order valence-corrected chi connectivity index (χ1v) is 9.40. The highest BCUT2D eigenvalue weighted by Crippen LogP contribution is 2.28. The molecule has 1 amide bonds. The summed E-state index contributed by atoms with van der Waals surface area (Å²) in [6.07, 6.45) is 0. The molecule has 1 aromatic heterocycles. The highest BCUT2D eigenvalue weighted by Gasteiger charge is 2.12. The van der Waals surface area contributed by atoms with Crippen molar-refractivity contribution in [2.45, 2.75) is 13.8 Å². The van der Waals surface area contributed by atoms with Crippen molar-refractivity contribution in [3.05, 3.63) is 81.3 Å². The highest BCUT2D eigenvalue weighted by atomic mass is 35.5. The molecule has 0 fully saturated rings. The molecule has 0 unspecified atom stereocenters. The van der Waals surface area contributed by atoms with E-state index in [0.717, 1.165) is 16.7 Å². The van der Waals surface area contributed by atoms with Crippen LogP contribution in [0.15, 0.2) is 59.0 Å². The maximum absolute atomic E-state index is 12.5. The van der Waals surface area contributed by atoms with Crippen molar-refractivity contribution >= 4 is 45.9 Å². The molecule has 4 aromatic rings. The lowest BCUT2D eigenvalue weighted by atomic mass is 10.1. The Kier molecular flexibility index (Phi) is 4.84. The summed E-state index contributed by atoms with van der Waals surface area (Å²) in [4.78, 5) is 17.0. The Morgan fingerprint density at radius 2 is 1.68 bits per heavy atom. The summed E-state index contributed by atoms with van der Waals surface area (Å²) in [7, 11) is 0. The Hall–Kier alpha value is -2.82. The lowest BCUT2D eigenvalue weighted by molar-refractivity contribution is 0.102. The summed E-state index contributed by atoms with van der Waals surface area (Å²) >= 11 is 11.9. The van der Waals surface area contributed by atoms with E-state index in [1.807, 2.05) is 26.0 Å². The number of benzene rings is 3. The van der Waals surface area contributed by atoms with Gasteiger partial charge in [-0.25, -0.2) is 4.98 Å². The van der Waals surface area contributed by atoms with Gasteiger partial charge in [-0.3, -0.25) is 4.79 Å². The molecule has 0 aliphatic carbocycles. The number of oxazole rings is 1. The Bertz CT molecular complexity index is 1190. The molecule has 0 aliphatic rings. The van der Waals surface area contributed by atoms with E-state index in [9.17, 15) is 4.79 Å². The van der Waals surface area contributed by atoms with Crippen LogP contribution in [0.1, 0.15) is 21.5 Å². The number of carbonyl (C=O) groups excluding carboxylic acids is 1. The molecule has 0 bridgehead atoms. The number of carbonyl (C=O) groups is 1. The van der Waals surface area contributed by atoms with E-state index in [1.54, 1.807) is 30.3 Å². The molecule has 0 saturated carbocycles. The first kappa shape index (κ1) is 18.5. The van der Waals surface area contributed by atoms with Gasteiger partial charge in [-0.15, -0.1) is 0 Å². The van der Waals surface area contributed by atoms with E-state index in [2.05, 4.69) is 16.4 Å². The number of aromatic nitrogens is 1. The number of hydrogen-bond acceptors (Lipinski definition) is 3. The van der Waals surface area contributed by atoms with E-state index in [0.29, 0.717) is 38.3 Å². The third-order valence-corrected chi connectivity index (χ3v) is 5.03. The van der Waals surface area contributed by atoms with E-state index in [4.69, 9.17) is 27.6 Å². The zero-order valence-electron chi connectivity index (χ0n) is 15.2. The summed E-state index contributed by atoms with van der Waals surface area (Å²) in [5, 5.41) is 3.58. The second-order valence-electron chi connectivity index (χ2n) is 6.66. The third-order valence-electron chi connectivity index (χ3n) is 4.30. The van der Waals surface area contributed by atoms with Gasteiger partial charge >= 0.3 is 0 Å². The van der Waals surface area contributed by atoms with Gasteiger partial charge in [-0.1, -0.05) is 40.4 Å². The molecule has 3 aromatic carbocycles. The second kappa shape index (κ2) is 7.30. The van der Waals surface area contributed by atoms with Crippen LogP contribution in [0.3, 0.4) is 0 Å². The molecule has 0 radical (unpaired) electrons. The zero-order chi connectivity index (χ0) is 19.8. The number of fused-ring (bicyclic) bond motifs is 1. The summed E-state index contributed by atoms with van der Waals surface area (Å²) in [5.41, 5.74) is 5.57. The molecule has 4 rings (SSSR count). The minimum absolute atomic E-state index is 0.282. The van der Waals surface area contributed by atoms with Crippen LogP contribution in [0.25, 0.3) is 22.6 Å². The molecule has 28 heavy (non-hydrogen) atoms. The number of aryl methyl sites for hydroxylation is 2. The average Bonchev–Trinajstić information content (AvgIpc) is 3.06. The van der Waals surface area contributed by atoms with Crippen molar-refractivity contribution in [1.29, 1.82) is 0 Å². The maximum atomic E-state index is 12.5. The van der Waals surface area contributed by atoms with Gasteiger partial charge in [0.05, 0.1) is 10.0 Å². The Balaban J connectivity index is 1.62. The number of nitrogens with zero attached hydrogens (tertiary/aromatic N) is 1. The smallest absolute Gasteiger partial charge is 0.255 e. The van der Waals surface area contributed by atoms with Gasteiger partial charge in [0.15, 0.2) is 5.58 Å². The van der Waals surface area contributed by atoms with E-state index < -0.39 is 0 Å². The average molecular weight is 411 g/mol. The van der Waals surface area contributed by atoms with Crippen molar-refractivity contribution in [3.63, 3.8) is 0 Å². The van der Waals surface area contributed by atoms with Gasteiger partial charge in [0.2, 0.25) is 5.89 Å². The molecule has 0 spiro atoms. The highest BCUT2D eigenvalue weighted by molar-refractivity contribution is 6.42. The topological polar surface area (TPSA) is 55.1 Å². The maximum Gasteiger partial charge on any atom is 0.255 e. The van der Waals surface area contributed by atoms with Gasteiger partial charge in [0.25, 0.3) is 5.91 Å². The quantitative estimate of drug-likeness (QED) is 0.410. The first-order valence-electron chi connectivity index (χ1n) is 8.65. The third kappa shape index (κ3) is 3.75. The molecular weight excluding hydrogens is 395 g/mol. The molecule has 0 saturated heterocycles. The van der Waals surface area contributed by atoms with E-state index in [1.165, 1.54) is 6.07 Å².